The van der Waals surface area contributed by atoms with Crippen molar-refractivity contribution in [3.8, 4) is 17.2 Å². The average Bonchev–Trinajstić information content (AvgIpc) is 2.71. The summed E-state index contributed by atoms with van der Waals surface area (Å²) in [7, 11) is 0. The molecule has 0 bridgehead atoms. The van der Waals surface area contributed by atoms with Gasteiger partial charge in [0.15, 0.2) is 6.61 Å². The lowest BCUT2D eigenvalue weighted by Gasteiger charge is -2.27. The van der Waals surface area contributed by atoms with Crippen LogP contribution in [0.25, 0.3) is 0 Å². The Morgan fingerprint density at radius 2 is 1.46 bits per heavy atom. The van der Waals surface area contributed by atoms with Gasteiger partial charge in [0.25, 0.3) is 5.91 Å². The van der Waals surface area contributed by atoms with Gasteiger partial charge < -0.3 is 20.5 Å². The Bertz CT molecular complexity index is 985. The highest BCUT2D eigenvalue weighted by Gasteiger charge is 2.32. The minimum absolute atomic E-state index is 0.158. The Morgan fingerprint density at radius 3 is 2.04 bits per heavy atom. The summed E-state index contributed by atoms with van der Waals surface area (Å²) in [5.74, 6) is 0.668. The van der Waals surface area contributed by atoms with Crippen LogP contribution in [0.15, 0.2) is 72.8 Å². The highest BCUT2D eigenvalue weighted by atomic mass is 16.5. The molecule has 6 nitrogen and oxygen atoms in total. The van der Waals surface area contributed by atoms with Gasteiger partial charge in [0.1, 0.15) is 17.2 Å². The first kappa shape index (κ1) is 17.6. The molecule has 3 aromatic rings. The smallest absolute Gasteiger partial charge is 0.255 e. The Kier molecular flexibility index (Phi) is 4.68. The number of benzene rings is 3. The molecule has 0 aliphatic carbocycles. The number of nitrogens with two attached hydrogens (primary N) is 1. The monoisotopic (exact) mass is 374 g/mol. The zero-order chi connectivity index (χ0) is 19.5. The maximum absolute atomic E-state index is 13.1. The fraction of sp³-hybridized carbons (Fsp3) is 0.0909. The fourth-order valence-corrected chi connectivity index (χ4v) is 3.20. The molecule has 0 fully saturated rings. The molecular weight excluding hydrogens is 356 g/mol. The molecule has 3 aromatic carbocycles. The summed E-state index contributed by atoms with van der Waals surface area (Å²) >= 11 is 0. The van der Waals surface area contributed by atoms with Gasteiger partial charge in [-0.3, -0.25) is 9.59 Å². The van der Waals surface area contributed by atoms with E-state index in [0.717, 1.165) is 11.1 Å². The number of nitrogens with one attached hydrogen (secondary N) is 1. The summed E-state index contributed by atoms with van der Waals surface area (Å²) in [5, 5.41) is 2.94. The van der Waals surface area contributed by atoms with E-state index in [2.05, 4.69) is 5.32 Å². The van der Waals surface area contributed by atoms with E-state index in [1.807, 2.05) is 48.5 Å². The summed E-state index contributed by atoms with van der Waals surface area (Å²) in [6, 6.07) is 21.8. The van der Waals surface area contributed by atoms with Gasteiger partial charge in [-0.1, -0.05) is 36.4 Å². The Hall–Kier alpha value is -3.80. The van der Waals surface area contributed by atoms with Crippen LogP contribution < -0.4 is 20.5 Å². The number of amides is 2. The number of hydrogen-bond acceptors (Lipinski definition) is 4. The molecule has 0 atom stereocenters. The Morgan fingerprint density at radius 1 is 0.893 bits per heavy atom. The number of hydrogen-bond donors (Lipinski definition) is 2. The molecule has 3 N–H and O–H groups in total. The van der Waals surface area contributed by atoms with E-state index >= 15 is 0 Å². The summed E-state index contributed by atoms with van der Waals surface area (Å²) in [4.78, 5) is 23.9. The van der Waals surface area contributed by atoms with Crippen molar-refractivity contribution >= 4 is 17.5 Å². The van der Waals surface area contributed by atoms with Crippen LogP contribution in [-0.4, -0.2) is 18.4 Å². The van der Waals surface area contributed by atoms with Crippen LogP contribution in [0.1, 0.15) is 17.0 Å². The summed E-state index contributed by atoms with van der Waals surface area (Å²) in [6.07, 6.45) is 0. The van der Waals surface area contributed by atoms with Crippen LogP contribution in [0.5, 0.6) is 17.2 Å². The number of carbonyl (C=O) groups excluding carboxylic acids is 2. The standard InChI is InChI=1S/C22H18N2O4/c23-20(25)13-27-15-11-9-14(10-12-15)24-22(26)21-16-5-1-3-7-18(16)28-19-8-4-2-6-17(19)21/h1-12,21H,13H2,(H2,23,25)(H,24,26). The molecule has 28 heavy (non-hydrogen) atoms. The Balaban J connectivity index is 1.58. The fourth-order valence-electron chi connectivity index (χ4n) is 3.20. The minimum atomic E-state index is -0.547. The SMILES string of the molecule is NC(=O)COc1ccc(NC(=O)C2c3ccccc3Oc3ccccc32)cc1. The molecule has 6 heteroatoms. The summed E-state index contributed by atoms with van der Waals surface area (Å²) in [6.45, 7) is -0.193. The van der Waals surface area contributed by atoms with Crippen molar-refractivity contribution in [2.24, 2.45) is 5.73 Å². The first-order valence-electron chi connectivity index (χ1n) is 8.79. The van der Waals surface area contributed by atoms with E-state index < -0.39 is 11.8 Å². The van der Waals surface area contributed by atoms with Gasteiger partial charge in [-0.2, -0.15) is 0 Å². The minimum Gasteiger partial charge on any atom is -0.484 e. The van der Waals surface area contributed by atoms with Crippen LogP contribution in [0.2, 0.25) is 0 Å². The largest absolute Gasteiger partial charge is 0.484 e. The predicted molar refractivity (Wildman–Crippen MR) is 105 cm³/mol. The molecule has 140 valence electrons. The van der Waals surface area contributed by atoms with Gasteiger partial charge in [-0.15, -0.1) is 0 Å². The number of rotatable bonds is 5. The summed E-state index contributed by atoms with van der Waals surface area (Å²) in [5.41, 5.74) is 7.33. The highest BCUT2D eigenvalue weighted by molar-refractivity contribution is 5.99. The molecule has 0 saturated heterocycles. The average molecular weight is 374 g/mol. The zero-order valence-electron chi connectivity index (χ0n) is 14.9. The van der Waals surface area contributed by atoms with Gasteiger partial charge in [0.05, 0.1) is 5.92 Å². The van der Waals surface area contributed by atoms with Gasteiger partial charge in [-0.05, 0) is 36.4 Å². The molecule has 1 aliphatic heterocycles. The maximum atomic E-state index is 13.1. The lowest BCUT2D eigenvalue weighted by Crippen LogP contribution is -2.25. The molecule has 0 aromatic heterocycles. The number of ether oxygens (including phenoxy) is 2. The topological polar surface area (TPSA) is 90.7 Å². The van der Waals surface area contributed by atoms with Gasteiger partial charge in [-0.25, -0.2) is 0 Å². The molecule has 4 rings (SSSR count). The second-order valence-corrected chi connectivity index (χ2v) is 6.38. The van der Waals surface area contributed by atoms with Crippen molar-refractivity contribution in [3.63, 3.8) is 0 Å². The normalized spacial score (nSPS) is 12.3. The van der Waals surface area contributed by atoms with Crippen LogP contribution in [0.3, 0.4) is 0 Å². The molecular formula is C22H18N2O4. The van der Waals surface area contributed by atoms with Gasteiger partial charge >= 0.3 is 0 Å². The van der Waals surface area contributed by atoms with E-state index in [0.29, 0.717) is 22.9 Å². The van der Waals surface area contributed by atoms with Crippen molar-refractivity contribution in [3.05, 3.63) is 83.9 Å². The Labute approximate surface area is 161 Å². The molecule has 0 spiro atoms. The first-order valence-corrected chi connectivity index (χ1v) is 8.79. The quantitative estimate of drug-likeness (QED) is 0.716. The summed E-state index contributed by atoms with van der Waals surface area (Å²) < 4.78 is 11.2. The van der Waals surface area contributed by atoms with E-state index in [4.69, 9.17) is 15.2 Å². The molecule has 1 aliphatic rings. The number of fused-ring (bicyclic) bond motifs is 2. The van der Waals surface area contributed by atoms with Crippen LogP contribution in [-0.2, 0) is 9.59 Å². The molecule has 0 radical (unpaired) electrons. The van der Waals surface area contributed by atoms with E-state index in [9.17, 15) is 9.59 Å². The number of carbonyl (C=O) groups is 2. The predicted octanol–water partition coefficient (Wildman–Crippen LogP) is 3.43. The van der Waals surface area contributed by atoms with Gasteiger partial charge in [0, 0.05) is 16.8 Å². The second kappa shape index (κ2) is 7.44. The van der Waals surface area contributed by atoms with Crippen LogP contribution in [0.4, 0.5) is 5.69 Å². The number of para-hydroxylation sites is 2. The van der Waals surface area contributed by atoms with Crippen LogP contribution >= 0.6 is 0 Å². The van der Waals surface area contributed by atoms with Crippen molar-refractivity contribution in [2.45, 2.75) is 5.92 Å². The third-order valence-electron chi connectivity index (χ3n) is 4.45. The lowest BCUT2D eigenvalue weighted by atomic mass is 9.87. The number of primary amides is 1. The first-order chi connectivity index (χ1) is 13.6. The molecule has 0 saturated carbocycles. The third kappa shape index (κ3) is 3.53. The third-order valence-corrected chi connectivity index (χ3v) is 4.45. The van der Waals surface area contributed by atoms with Crippen molar-refractivity contribution < 1.29 is 19.1 Å². The zero-order valence-corrected chi connectivity index (χ0v) is 14.9. The van der Waals surface area contributed by atoms with Crippen molar-refractivity contribution in [1.82, 2.24) is 0 Å². The molecule has 2 amide bonds. The molecule has 1 heterocycles. The number of anilines is 1. The maximum Gasteiger partial charge on any atom is 0.255 e. The lowest BCUT2D eigenvalue weighted by molar-refractivity contribution is -0.120. The van der Waals surface area contributed by atoms with Gasteiger partial charge in [0.2, 0.25) is 5.91 Å². The second-order valence-electron chi connectivity index (χ2n) is 6.38. The van der Waals surface area contributed by atoms with E-state index in [-0.39, 0.29) is 12.5 Å². The highest BCUT2D eigenvalue weighted by Crippen LogP contribution is 2.44. The van der Waals surface area contributed by atoms with Crippen molar-refractivity contribution in [1.29, 1.82) is 0 Å². The van der Waals surface area contributed by atoms with Crippen molar-refractivity contribution in [2.75, 3.05) is 11.9 Å². The van der Waals surface area contributed by atoms with E-state index in [1.165, 1.54) is 0 Å². The van der Waals surface area contributed by atoms with Crippen LogP contribution in [0, 0.1) is 0 Å². The molecule has 0 unspecified atom stereocenters. The van der Waals surface area contributed by atoms with E-state index in [1.54, 1.807) is 24.3 Å².